The molecule has 0 spiro atoms. The number of aliphatic imine (C=N–C) groups is 1. The van der Waals surface area contributed by atoms with Gasteiger partial charge in [0.25, 0.3) is 0 Å². The summed E-state index contributed by atoms with van der Waals surface area (Å²) in [7, 11) is 0. The monoisotopic (exact) mass is 179 g/mol. The molecule has 1 fully saturated rings. The molecule has 0 bridgehead atoms. The number of isocyanates is 1. The summed E-state index contributed by atoms with van der Waals surface area (Å²) in [5.74, 6) is 0. The Kier molecular flexibility index (Phi) is 2.24. The molecule has 0 radical (unpaired) electrons. The van der Waals surface area contributed by atoms with Crippen molar-refractivity contribution in [3.05, 3.63) is 0 Å². The van der Waals surface area contributed by atoms with Crippen LogP contribution in [0.25, 0.3) is 0 Å². The molecule has 0 amide bonds. The van der Waals surface area contributed by atoms with Crippen molar-refractivity contribution in [3.63, 3.8) is 0 Å². The Morgan fingerprint density at radius 2 is 1.75 bits per heavy atom. The molecule has 5 heteroatoms. The fourth-order valence-electron chi connectivity index (χ4n) is 1.51. The third kappa shape index (κ3) is 1.37. The summed E-state index contributed by atoms with van der Waals surface area (Å²) in [6, 6.07) is 0. The Bertz CT molecular complexity index is 211. The van der Waals surface area contributed by atoms with Gasteiger partial charge < -0.3 is 0 Å². The molecular weight excluding hydrogens is 171 g/mol. The Hall–Kier alpha value is -0.830. The SMILES string of the molecule is O=C=NC1(C(F)(F)F)CCCC1. The van der Waals surface area contributed by atoms with Crippen molar-refractivity contribution < 1.29 is 18.0 Å². The van der Waals surface area contributed by atoms with E-state index in [0.717, 1.165) is 6.08 Å². The summed E-state index contributed by atoms with van der Waals surface area (Å²) >= 11 is 0. The number of alkyl halides is 3. The normalized spacial score (nSPS) is 21.9. The molecule has 2 nitrogen and oxygen atoms in total. The van der Waals surface area contributed by atoms with Crippen molar-refractivity contribution in [1.29, 1.82) is 0 Å². The van der Waals surface area contributed by atoms with Gasteiger partial charge in [0.2, 0.25) is 6.08 Å². The minimum Gasteiger partial charge on any atom is -0.211 e. The molecule has 0 heterocycles. The molecule has 0 atom stereocenters. The zero-order valence-corrected chi connectivity index (χ0v) is 6.32. The van der Waals surface area contributed by atoms with Gasteiger partial charge in [-0.3, -0.25) is 0 Å². The minimum absolute atomic E-state index is 0.0776. The van der Waals surface area contributed by atoms with Gasteiger partial charge in [-0.1, -0.05) is 12.8 Å². The number of carbonyl (C=O) groups excluding carboxylic acids is 1. The maximum absolute atomic E-state index is 12.3. The second-order valence-electron chi connectivity index (χ2n) is 2.94. The standard InChI is InChI=1S/C7H8F3NO/c8-7(9,10)6(11-5-12)3-1-2-4-6/h1-4H2. The zero-order valence-electron chi connectivity index (χ0n) is 6.32. The first-order valence-electron chi connectivity index (χ1n) is 3.68. The van der Waals surface area contributed by atoms with Crippen molar-refractivity contribution in [2.75, 3.05) is 0 Å². The molecule has 0 saturated heterocycles. The quantitative estimate of drug-likeness (QED) is 0.448. The Morgan fingerprint density at radius 3 is 2.08 bits per heavy atom. The maximum atomic E-state index is 12.3. The highest BCUT2D eigenvalue weighted by molar-refractivity contribution is 5.35. The van der Waals surface area contributed by atoms with Gasteiger partial charge in [0.1, 0.15) is 0 Å². The topological polar surface area (TPSA) is 29.4 Å². The van der Waals surface area contributed by atoms with Crippen LogP contribution in [0.5, 0.6) is 0 Å². The van der Waals surface area contributed by atoms with Crippen LogP contribution in [0.2, 0.25) is 0 Å². The average Bonchev–Trinajstić information content (AvgIpc) is 2.36. The van der Waals surface area contributed by atoms with Crippen molar-refractivity contribution >= 4 is 6.08 Å². The van der Waals surface area contributed by atoms with Crippen LogP contribution in [0.1, 0.15) is 25.7 Å². The predicted molar refractivity (Wildman–Crippen MR) is 35.4 cm³/mol. The van der Waals surface area contributed by atoms with Gasteiger partial charge >= 0.3 is 6.18 Å². The molecular formula is C7H8F3NO. The molecule has 0 unspecified atom stereocenters. The summed E-state index contributed by atoms with van der Waals surface area (Å²) in [6.45, 7) is 0. The van der Waals surface area contributed by atoms with E-state index < -0.39 is 11.7 Å². The highest BCUT2D eigenvalue weighted by Crippen LogP contribution is 2.45. The summed E-state index contributed by atoms with van der Waals surface area (Å²) in [6.07, 6.45) is -2.59. The lowest BCUT2D eigenvalue weighted by Crippen LogP contribution is -2.40. The van der Waals surface area contributed by atoms with Gasteiger partial charge in [0.05, 0.1) is 0 Å². The molecule has 0 aromatic carbocycles. The maximum Gasteiger partial charge on any atom is 0.414 e. The number of nitrogens with zero attached hydrogens (tertiary/aromatic N) is 1. The third-order valence-corrected chi connectivity index (χ3v) is 2.22. The third-order valence-electron chi connectivity index (χ3n) is 2.22. The number of rotatable bonds is 1. The van der Waals surface area contributed by atoms with Crippen LogP contribution in [0.4, 0.5) is 13.2 Å². The first-order valence-corrected chi connectivity index (χ1v) is 3.68. The summed E-state index contributed by atoms with van der Waals surface area (Å²) in [5.41, 5.74) is -2.12. The highest BCUT2D eigenvalue weighted by Gasteiger charge is 2.56. The van der Waals surface area contributed by atoms with E-state index in [1.165, 1.54) is 0 Å². The van der Waals surface area contributed by atoms with Crippen molar-refractivity contribution in [1.82, 2.24) is 0 Å². The Labute approximate surface area is 67.5 Å². The molecule has 1 aliphatic carbocycles. The molecule has 0 aromatic heterocycles. The van der Waals surface area contributed by atoms with Crippen molar-refractivity contribution in [3.8, 4) is 0 Å². The van der Waals surface area contributed by atoms with Crippen LogP contribution in [-0.4, -0.2) is 17.8 Å². The van der Waals surface area contributed by atoms with Gasteiger partial charge in [0.15, 0.2) is 5.54 Å². The van der Waals surface area contributed by atoms with Gasteiger partial charge in [0, 0.05) is 0 Å². The predicted octanol–water partition coefficient (Wildman–Crippen LogP) is 2.20. The molecule has 12 heavy (non-hydrogen) atoms. The van der Waals surface area contributed by atoms with E-state index in [1.807, 2.05) is 0 Å². The van der Waals surface area contributed by atoms with E-state index >= 15 is 0 Å². The van der Waals surface area contributed by atoms with Crippen LogP contribution in [0.15, 0.2) is 4.99 Å². The van der Waals surface area contributed by atoms with Crippen LogP contribution in [-0.2, 0) is 4.79 Å². The second kappa shape index (κ2) is 2.90. The summed E-state index contributed by atoms with van der Waals surface area (Å²) < 4.78 is 37.0. The Balaban J connectivity index is 2.94. The number of hydrogen-bond acceptors (Lipinski definition) is 2. The van der Waals surface area contributed by atoms with E-state index in [2.05, 4.69) is 4.99 Å². The van der Waals surface area contributed by atoms with Crippen LogP contribution in [0, 0.1) is 0 Å². The van der Waals surface area contributed by atoms with Crippen molar-refractivity contribution in [2.45, 2.75) is 37.4 Å². The highest BCUT2D eigenvalue weighted by atomic mass is 19.4. The van der Waals surface area contributed by atoms with Gasteiger partial charge in [-0.25, -0.2) is 4.79 Å². The van der Waals surface area contributed by atoms with Gasteiger partial charge in [-0.2, -0.15) is 18.2 Å². The summed E-state index contributed by atoms with van der Waals surface area (Å²) in [4.78, 5) is 12.7. The molecule has 68 valence electrons. The first-order chi connectivity index (χ1) is 5.52. The van der Waals surface area contributed by atoms with E-state index in [0.29, 0.717) is 12.8 Å². The van der Waals surface area contributed by atoms with Gasteiger partial charge in [-0.05, 0) is 12.8 Å². The molecule has 0 N–H and O–H groups in total. The minimum atomic E-state index is -4.40. The van der Waals surface area contributed by atoms with E-state index in [-0.39, 0.29) is 12.8 Å². The van der Waals surface area contributed by atoms with E-state index in [9.17, 15) is 18.0 Å². The largest absolute Gasteiger partial charge is 0.414 e. The first kappa shape index (κ1) is 9.26. The van der Waals surface area contributed by atoms with Crippen LogP contribution >= 0.6 is 0 Å². The van der Waals surface area contributed by atoms with Crippen molar-refractivity contribution in [2.24, 2.45) is 4.99 Å². The summed E-state index contributed by atoms with van der Waals surface area (Å²) in [5, 5.41) is 0. The lowest BCUT2D eigenvalue weighted by molar-refractivity contribution is -0.182. The van der Waals surface area contributed by atoms with Crippen LogP contribution < -0.4 is 0 Å². The number of hydrogen-bond donors (Lipinski definition) is 0. The molecule has 0 aromatic rings. The fraction of sp³-hybridized carbons (Fsp3) is 0.857. The second-order valence-corrected chi connectivity index (χ2v) is 2.94. The average molecular weight is 179 g/mol. The smallest absolute Gasteiger partial charge is 0.211 e. The lowest BCUT2D eigenvalue weighted by Gasteiger charge is -2.24. The Morgan fingerprint density at radius 1 is 1.25 bits per heavy atom. The fourth-order valence-corrected chi connectivity index (χ4v) is 1.51. The molecule has 1 saturated carbocycles. The van der Waals surface area contributed by atoms with E-state index in [1.54, 1.807) is 0 Å². The molecule has 1 rings (SSSR count). The molecule has 1 aliphatic rings. The molecule has 0 aliphatic heterocycles. The number of halogens is 3. The lowest BCUT2D eigenvalue weighted by atomic mass is 9.98. The zero-order chi connectivity index (χ0) is 9.24. The van der Waals surface area contributed by atoms with Gasteiger partial charge in [-0.15, -0.1) is 0 Å². The van der Waals surface area contributed by atoms with E-state index in [4.69, 9.17) is 0 Å². The van der Waals surface area contributed by atoms with Crippen LogP contribution in [0.3, 0.4) is 0 Å².